The Morgan fingerprint density at radius 2 is 1.83 bits per heavy atom. The zero-order valence-corrected chi connectivity index (χ0v) is 21.1. The third-order valence-corrected chi connectivity index (χ3v) is 7.95. The lowest BCUT2D eigenvalue weighted by Gasteiger charge is -2.38. The third-order valence-electron chi connectivity index (χ3n) is 7.03. The monoisotopic (exact) mass is 490 g/mol. The van der Waals surface area contributed by atoms with Crippen molar-refractivity contribution in [1.29, 1.82) is 0 Å². The van der Waals surface area contributed by atoms with Crippen LogP contribution in [0.1, 0.15) is 39.6 Å². The second-order valence-electron chi connectivity index (χ2n) is 9.27. The van der Waals surface area contributed by atoms with Gasteiger partial charge in [0.15, 0.2) is 11.5 Å². The number of aryl methyl sites for hydroxylation is 1. The van der Waals surface area contributed by atoms with Crippen LogP contribution >= 0.6 is 11.3 Å². The van der Waals surface area contributed by atoms with Crippen molar-refractivity contribution in [1.82, 2.24) is 9.80 Å². The maximum absolute atomic E-state index is 13.9. The van der Waals surface area contributed by atoms with Crippen LogP contribution in [0.3, 0.4) is 0 Å². The Morgan fingerprint density at radius 1 is 1.09 bits per heavy atom. The minimum absolute atomic E-state index is 0.0420. The fraction of sp³-hybridized carbons (Fsp3) is 0.357. The molecule has 1 saturated heterocycles. The van der Waals surface area contributed by atoms with Gasteiger partial charge in [0.25, 0.3) is 0 Å². The number of carbonyl (C=O) groups is 2. The molecule has 0 radical (unpaired) electrons. The van der Waals surface area contributed by atoms with Crippen LogP contribution in [0.5, 0.6) is 11.5 Å². The molecule has 7 heteroatoms. The highest BCUT2D eigenvalue weighted by Gasteiger charge is 2.41. The summed E-state index contributed by atoms with van der Waals surface area (Å²) in [5.41, 5.74) is 4.49. The van der Waals surface area contributed by atoms with E-state index in [1.807, 2.05) is 52.4 Å². The molecule has 2 aliphatic heterocycles. The van der Waals surface area contributed by atoms with Crippen LogP contribution in [0.4, 0.5) is 0 Å². The molecule has 3 heterocycles. The molecule has 2 amide bonds. The summed E-state index contributed by atoms with van der Waals surface area (Å²) < 4.78 is 11.1. The molecule has 1 aromatic heterocycles. The first kappa shape index (κ1) is 23.4. The number of rotatable bonds is 6. The van der Waals surface area contributed by atoms with E-state index in [-0.39, 0.29) is 30.2 Å². The average molecular weight is 491 g/mol. The van der Waals surface area contributed by atoms with E-state index in [0.717, 1.165) is 28.0 Å². The van der Waals surface area contributed by atoms with Crippen molar-refractivity contribution >= 4 is 23.2 Å². The number of carbonyl (C=O) groups excluding carboxylic acids is 2. The van der Waals surface area contributed by atoms with Gasteiger partial charge in [-0.1, -0.05) is 35.9 Å². The van der Waals surface area contributed by atoms with Crippen LogP contribution in [0, 0.1) is 12.8 Å². The smallest absolute Gasteiger partial charge is 0.228 e. The summed E-state index contributed by atoms with van der Waals surface area (Å²) in [5, 5.41) is 2.04. The van der Waals surface area contributed by atoms with Gasteiger partial charge in [-0.2, -0.15) is 0 Å². The predicted octanol–water partition coefficient (Wildman–Crippen LogP) is 4.60. The summed E-state index contributed by atoms with van der Waals surface area (Å²) in [5.74, 6) is 1.10. The first-order chi connectivity index (χ1) is 17.0. The van der Waals surface area contributed by atoms with E-state index < -0.39 is 0 Å². The Labute approximate surface area is 210 Å². The molecule has 0 bridgehead atoms. The zero-order valence-electron chi connectivity index (χ0n) is 20.3. The molecule has 2 aromatic carbocycles. The van der Waals surface area contributed by atoms with E-state index in [4.69, 9.17) is 9.47 Å². The second-order valence-corrected chi connectivity index (χ2v) is 10.2. The molecule has 1 fully saturated rings. The highest BCUT2D eigenvalue weighted by molar-refractivity contribution is 7.10. The van der Waals surface area contributed by atoms with Crippen molar-refractivity contribution in [2.24, 2.45) is 5.92 Å². The minimum Gasteiger partial charge on any atom is -0.493 e. The standard InChI is InChI=1S/C28H30N2O4S/c1-18-6-8-19(9-7-18)16-29-17-21(14-26(29)31)28(32)30-11-10-20-13-23(33-2)24(34-3)15-22(20)27(30)25-5-4-12-35-25/h4-9,12-13,15,21,27H,10-11,14,16-17H2,1-3H3. The average Bonchev–Trinajstić information content (AvgIpc) is 3.53. The lowest BCUT2D eigenvalue weighted by Crippen LogP contribution is -2.44. The largest absolute Gasteiger partial charge is 0.493 e. The Hall–Kier alpha value is -3.32. The maximum atomic E-state index is 13.9. The van der Waals surface area contributed by atoms with Crippen LogP contribution in [-0.4, -0.2) is 48.9 Å². The molecule has 0 aliphatic carbocycles. The number of likely N-dealkylation sites (tertiary alicyclic amines) is 1. The number of hydrogen-bond donors (Lipinski definition) is 0. The first-order valence-corrected chi connectivity index (χ1v) is 12.8. The quantitative estimate of drug-likeness (QED) is 0.507. The van der Waals surface area contributed by atoms with Gasteiger partial charge in [-0.05, 0) is 53.6 Å². The molecule has 0 spiro atoms. The highest BCUT2D eigenvalue weighted by Crippen LogP contribution is 2.43. The van der Waals surface area contributed by atoms with E-state index in [2.05, 4.69) is 18.2 Å². The number of fused-ring (bicyclic) bond motifs is 1. The molecule has 2 unspecified atom stereocenters. The number of hydrogen-bond acceptors (Lipinski definition) is 5. The van der Waals surface area contributed by atoms with Crippen molar-refractivity contribution in [3.8, 4) is 11.5 Å². The van der Waals surface area contributed by atoms with Crippen LogP contribution in [0.25, 0.3) is 0 Å². The van der Waals surface area contributed by atoms with Gasteiger partial charge in [-0.3, -0.25) is 9.59 Å². The number of thiophene rings is 1. The first-order valence-electron chi connectivity index (χ1n) is 11.9. The summed E-state index contributed by atoms with van der Waals surface area (Å²) in [6.07, 6.45) is 0.994. The normalized spacial score (nSPS) is 19.6. The summed E-state index contributed by atoms with van der Waals surface area (Å²) in [6, 6.07) is 16.1. The molecular formula is C28H30N2O4S. The number of nitrogens with zero attached hydrogens (tertiary/aromatic N) is 2. The number of benzene rings is 2. The van der Waals surface area contributed by atoms with Gasteiger partial charge in [0.1, 0.15) is 0 Å². The summed E-state index contributed by atoms with van der Waals surface area (Å²) in [6.45, 7) is 3.65. The SMILES string of the molecule is COc1cc2c(cc1OC)C(c1cccs1)N(C(=O)C1CC(=O)N(Cc3ccc(C)cc3)C1)CC2. The highest BCUT2D eigenvalue weighted by atomic mass is 32.1. The molecule has 35 heavy (non-hydrogen) atoms. The van der Waals surface area contributed by atoms with Crippen LogP contribution in [0.15, 0.2) is 53.9 Å². The van der Waals surface area contributed by atoms with Crippen molar-refractivity contribution in [2.75, 3.05) is 27.3 Å². The minimum atomic E-state index is -0.336. The number of ether oxygens (including phenoxy) is 2. The summed E-state index contributed by atoms with van der Waals surface area (Å²) >= 11 is 1.64. The molecule has 182 valence electrons. The lowest BCUT2D eigenvalue weighted by molar-refractivity contribution is -0.137. The summed E-state index contributed by atoms with van der Waals surface area (Å²) in [7, 11) is 3.27. The molecule has 0 saturated carbocycles. The Balaban J connectivity index is 1.41. The van der Waals surface area contributed by atoms with Gasteiger partial charge in [-0.25, -0.2) is 0 Å². The van der Waals surface area contributed by atoms with E-state index in [9.17, 15) is 9.59 Å². The van der Waals surface area contributed by atoms with E-state index in [0.29, 0.717) is 31.1 Å². The molecule has 2 aliphatic rings. The van der Waals surface area contributed by atoms with Crippen LogP contribution < -0.4 is 9.47 Å². The predicted molar refractivity (Wildman–Crippen MR) is 136 cm³/mol. The fourth-order valence-corrected chi connectivity index (χ4v) is 6.03. The summed E-state index contributed by atoms with van der Waals surface area (Å²) in [4.78, 5) is 31.6. The van der Waals surface area contributed by atoms with Crippen molar-refractivity contribution in [3.05, 3.63) is 81.0 Å². The maximum Gasteiger partial charge on any atom is 0.228 e. The molecule has 2 atom stereocenters. The van der Waals surface area contributed by atoms with E-state index >= 15 is 0 Å². The van der Waals surface area contributed by atoms with Gasteiger partial charge >= 0.3 is 0 Å². The topological polar surface area (TPSA) is 59.1 Å². The van der Waals surface area contributed by atoms with Gasteiger partial charge in [0, 0.05) is 30.9 Å². The third kappa shape index (κ3) is 4.52. The lowest BCUT2D eigenvalue weighted by atomic mass is 9.89. The molecule has 0 N–H and O–H groups in total. The number of methoxy groups -OCH3 is 2. The molecule has 6 nitrogen and oxygen atoms in total. The Bertz CT molecular complexity index is 1220. The van der Waals surface area contributed by atoms with Crippen molar-refractivity contribution < 1.29 is 19.1 Å². The second kappa shape index (κ2) is 9.74. The zero-order chi connectivity index (χ0) is 24.5. The number of amides is 2. The van der Waals surface area contributed by atoms with Gasteiger partial charge in [0.2, 0.25) is 11.8 Å². The molecule has 3 aromatic rings. The van der Waals surface area contributed by atoms with Gasteiger partial charge < -0.3 is 19.3 Å². The van der Waals surface area contributed by atoms with E-state index in [1.54, 1.807) is 25.6 Å². The molecular weight excluding hydrogens is 460 g/mol. The van der Waals surface area contributed by atoms with Gasteiger partial charge in [0.05, 0.1) is 26.2 Å². The van der Waals surface area contributed by atoms with Crippen LogP contribution in [0.2, 0.25) is 0 Å². The fourth-order valence-electron chi connectivity index (χ4n) is 5.18. The molecule has 5 rings (SSSR count). The van der Waals surface area contributed by atoms with Crippen molar-refractivity contribution in [2.45, 2.75) is 32.4 Å². The van der Waals surface area contributed by atoms with Gasteiger partial charge in [-0.15, -0.1) is 11.3 Å². The van der Waals surface area contributed by atoms with Crippen molar-refractivity contribution in [3.63, 3.8) is 0 Å². The Morgan fingerprint density at radius 3 is 2.51 bits per heavy atom. The van der Waals surface area contributed by atoms with Crippen LogP contribution in [-0.2, 0) is 22.6 Å². The van der Waals surface area contributed by atoms with E-state index in [1.165, 1.54) is 5.56 Å². The Kier molecular flexibility index (Phi) is 6.52.